The average molecular weight is 400 g/mol. The van der Waals surface area contributed by atoms with Gasteiger partial charge < -0.3 is 5.32 Å². The van der Waals surface area contributed by atoms with Crippen LogP contribution in [0, 0.1) is 17.8 Å². The summed E-state index contributed by atoms with van der Waals surface area (Å²) in [7, 11) is 0. The fourth-order valence-corrected chi connectivity index (χ4v) is 5.95. The number of rotatable bonds is 7. The number of carbonyl (C=O) groups excluding carboxylic acids is 1. The summed E-state index contributed by atoms with van der Waals surface area (Å²) in [4.78, 5) is 30.0. The van der Waals surface area contributed by atoms with Crippen molar-refractivity contribution in [3.05, 3.63) is 34.6 Å². The summed E-state index contributed by atoms with van der Waals surface area (Å²) in [5, 5.41) is 4.47. The molecule has 4 rings (SSSR count). The largest absolute Gasteiger partial charge is 0.353 e. The summed E-state index contributed by atoms with van der Waals surface area (Å²) in [5.41, 5.74) is 0.670. The number of fused-ring (bicyclic) bond motifs is 3. The number of hydrogen-bond donors (Lipinski definition) is 1. The standard InChI is InChI=1S/C22H29N3O2S/c1-3-10-25-21(27)17-6-4-5-7-19(17)24-22(25)28-13-20(26)23-14(2)18-12-15-8-9-16(18)11-15/h4-7,14-16,18H,3,8-13H2,1-2H3,(H,23,26). The molecule has 28 heavy (non-hydrogen) atoms. The molecule has 1 N–H and O–H groups in total. The topological polar surface area (TPSA) is 64.0 Å². The summed E-state index contributed by atoms with van der Waals surface area (Å²) in [5.74, 6) is 2.63. The van der Waals surface area contributed by atoms with Gasteiger partial charge in [0.15, 0.2) is 5.16 Å². The minimum atomic E-state index is -0.0225. The van der Waals surface area contributed by atoms with Gasteiger partial charge in [-0.25, -0.2) is 4.98 Å². The van der Waals surface area contributed by atoms with Crippen molar-refractivity contribution in [1.29, 1.82) is 0 Å². The van der Waals surface area contributed by atoms with Crippen LogP contribution in [0.4, 0.5) is 0 Å². The number of carbonyl (C=O) groups is 1. The van der Waals surface area contributed by atoms with Crippen molar-refractivity contribution >= 4 is 28.6 Å². The lowest BCUT2D eigenvalue weighted by atomic mass is 9.84. The van der Waals surface area contributed by atoms with Crippen LogP contribution >= 0.6 is 11.8 Å². The van der Waals surface area contributed by atoms with Gasteiger partial charge in [0.05, 0.1) is 16.7 Å². The van der Waals surface area contributed by atoms with E-state index in [1.807, 2.05) is 31.2 Å². The van der Waals surface area contributed by atoms with E-state index >= 15 is 0 Å². The van der Waals surface area contributed by atoms with E-state index in [4.69, 9.17) is 0 Å². The molecule has 1 aromatic heterocycles. The Morgan fingerprint density at radius 3 is 2.86 bits per heavy atom. The normalized spacial score (nSPS) is 24.6. The maximum atomic E-state index is 12.8. The third kappa shape index (κ3) is 3.84. The lowest BCUT2D eigenvalue weighted by Gasteiger charge is -2.28. The lowest BCUT2D eigenvalue weighted by molar-refractivity contribution is -0.119. The highest BCUT2D eigenvalue weighted by atomic mass is 32.2. The molecule has 0 aliphatic heterocycles. The Morgan fingerprint density at radius 1 is 1.32 bits per heavy atom. The highest BCUT2D eigenvalue weighted by Gasteiger charge is 2.42. The van der Waals surface area contributed by atoms with Crippen molar-refractivity contribution in [3.63, 3.8) is 0 Å². The van der Waals surface area contributed by atoms with E-state index in [0.29, 0.717) is 34.3 Å². The number of benzene rings is 1. The molecular formula is C22H29N3O2S. The number of thioether (sulfide) groups is 1. The maximum Gasteiger partial charge on any atom is 0.262 e. The van der Waals surface area contributed by atoms with E-state index in [2.05, 4.69) is 17.2 Å². The van der Waals surface area contributed by atoms with Gasteiger partial charge in [0.2, 0.25) is 5.91 Å². The van der Waals surface area contributed by atoms with E-state index in [-0.39, 0.29) is 17.5 Å². The number of nitrogens with zero attached hydrogens (tertiary/aromatic N) is 2. The molecule has 2 aromatic rings. The van der Waals surface area contributed by atoms with Crippen LogP contribution in [0.2, 0.25) is 0 Å². The van der Waals surface area contributed by atoms with E-state index in [1.165, 1.54) is 37.4 Å². The van der Waals surface area contributed by atoms with Crippen LogP contribution < -0.4 is 10.9 Å². The highest BCUT2D eigenvalue weighted by Crippen LogP contribution is 2.49. The van der Waals surface area contributed by atoms with Crippen LogP contribution in [0.15, 0.2) is 34.2 Å². The van der Waals surface area contributed by atoms with E-state index in [9.17, 15) is 9.59 Å². The molecule has 150 valence electrons. The molecule has 6 heteroatoms. The zero-order chi connectivity index (χ0) is 19.7. The first-order chi connectivity index (χ1) is 13.6. The summed E-state index contributed by atoms with van der Waals surface area (Å²) >= 11 is 1.36. The van der Waals surface area contributed by atoms with Crippen molar-refractivity contribution in [2.24, 2.45) is 17.8 Å². The van der Waals surface area contributed by atoms with Gasteiger partial charge >= 0.3 is 0 Å². The van der Waals surface area contributed by atoms with Gasteiger partial charge in [0, 0.05) is 12.6 Å². The zero-order valence-electron chi connectivity index (χ0n) is 16.7. The Balaban J connectivity index is 1.43. The molecule has 2 saturated carbocycles. The van der Waals surface area contributed by atoms with Crippen molar-refractivity contribution in [2.75, 3.05) is 5.75 Å². The molecule has 1 aromatic carbocycles. The smallest absolute Gasteiger partial charge is 0.262 e. The predicted molar refractivity (Wildman–Crippen MR) is 114 cm³/mol. The molecular weight excluding hydrogens is 370 g/mol. The summed E-state index contributed by atoms with van der Waals surface area (Å²) in [6.45, 7) is 4.80. The molecule has 5 nitrogen and oxygen atoms in total. The zero-order valence-corrected chi connectivity index (χ0v) is 17.5. The molecule has 4 unspecified atom stereocenters. The molecule has 2 bridgehead atoms. The monoisotopic (exact) mass is 399 g/mol. The second-order valence-electron chi connectivity index (χ2n) is 8.35. The van der Waals surface area contributed by atoms with Crippen molar-refractivity contribution in [3.8, 4) is 0 Å². The van der Waals surface area contributed by atoms with Crippen LogP contribution in [0.3, 0.4) is 0 Å². The predicted octanol–water partition coefficient (Wildman–Crippen LogP) is 3.84. The Labute approximate surface area is 170 Å². The fourth-order valence-electron chi connectivity index (χ4n) is 5.12. The summed E-state index contributed by atoms with van der Waals surface area (Å²) in [6.07, 6.45) is 6.17. The van der Waals surface area contributed by atoms with Crippen LogP contribution in [0.5, 0.6) is 0 Å². The van der Waals surface area contributed by atoms with Gasteiger partial charge in [-0.15, -0.1) is 0 Å². The molecule has 4 atom stereocenters. The third-order valence-corrected chi connectivity index (χ3v) is 7.41. The van der Waals surface area contributed by atoms with Gasteiger partial charge in [-0.2, -0.15) is 0 Å². The number of amides is 1. The molecule has 0 radical (unpaired) electrons. The molecule has 2 aliphatic carbocycles. The SMILES string of the molecule is CCCn1c(SCC(=O)NC(C)C2CC3CCC2C3)nc2ccccc2c1=O. The third-order valence-electron chi connectivity index (χ3n) is 6.43. The van der Waals surface area contributed by atoms with Crippen molar-refractivity contribution < 1.29 is 4.79 Å². The first kappa shape index (κ1) is 19.5. The van der Waals surface area contributed by atoms with E-state index < -0.39 is 0 Å². The lowest BCUT2D eigenvalue weighted by Crippen LogP contribution is -2.41. The second kappa shape index (κ2) is 8.27. The van der Waals surface area contributed by atoms with Crippen molar-refractivity contribution in [2.45, 2.75) is 63.7 Å². The number of hydrogen-bond acceptors (Lipinski definition) is 4. The number of para-hydroxylation sites is 1. The minimum absolute atomic E-state index is 0.0225. The summed E-state index contributed by atoms with van der Waals surface area (Å²) in [6, 6.07) is 7.64. The van der Waals surface area contributed by atoms with E-state index in [1.54, 1.807) is 4.57 Å². The van der Waals surface area contributed by atoms with Crippen LogP contribution in [-0.2, 0) is 11.3 Å². The Hall–Kier alpha value is -1.82. The maximum absolute atomic E-state index is 12.8. The van der Waals surface area contributed by atoms with Gasteiger partial charge in [0.25, 0.3) is 5.56 Å². The first-order valence-electron chi connectivity index (χ1n) is 10.5. The summed E-state index contributed by atoms with van der Waals surface area (Å²) < 4.78 is 1.71. The highest BCUT2D eigenvalue weighted by molar-refractivity contribution is 7.99. The Morgan fingerprint density at radius 2 is 2.14 bits per heavy atom. The van der Waals surface area contributed by atoms with Crippen LogP contribution in [0.1, 0.15) is 46.0 Å². The molecule has 0 saturated heterocycles. The fraction of sp³-hybridized carbons (Fsp3) is 0.591. The molecule has 1 amide bonds. The van der Waals surface area contributed by atoms with Gasteiger partial charge in [-0.1, -0.05) is 37.2 Å². The molecule has 2 fully saturated rings. The number of aromatic nitrogens is 2. The van der Waals surface area contributed by atoms with Gasteiger partial charge in [-0.3, -0.25) is 14.2 Å². The first-order valence-corrected chi connectivity index (χ1v) is 11.5. The van der Waals surface area contributed by atoms with Gasteiger partial charge in [0.1, 0.15) is 0 Å². The van der Waals surface area contributed by atoms with Crippen molar-refractivity contribution in [1.82, 2.24) is 14.9 Å². The van der Waals surface area contributed by atoms with Crippen LogP contribution in [0.25, 0.3) is 10.9 Å². The Kier molecular flexibility index (Phi) is 5.76. The van der Waals surface area contributed by atoms with Gasteiger partial charge in [-0.05, 0) is 62.5 Å². The molecule has 1 heterocycles. The Bertz CT molecular complexity index is 926. The molecule has 0 spiro atoms. The quantitative estimate of drug-likeness (QED) is 0.568. The van der Waals surface area contributed by atoms with E-state index in [0.717, 1.165) is 18.3 Å². The second-order valence-corrected chi connectivity index (χ2v) is 9.29. The number of nitrogens with one attached hydrogen (secondary N) is 1. The molecule has 2 aliphatic rings. The minimum Gasteiger partial charge on any atom is -0.353 e. The van der Waals surface area contributed by atoms with Crippen LogP contribution in [-0.4, -0.2) is 27.3 Å². The average Bonchev–Trinajstić information content (AvgIpc) is 3.32.